The fourth-order valence-corrected chi connectivity index (χ4v) is 4.98. The van der Waals surface area contributed by atoms with Crippen molar-refractivity contribution < 1.29 is 35.8 Å². The second kappa shape index (κ2) is 7.59. The average molecular weight is 446 g/mol. The van der Waals surface area contributed by atoms with Crippen molar-refractivity contribution in [1.82, 2.24) is 19.6 Å². The molecule has 0 aromatic heterocycles. The molecular formula is C18H32BrN5O3. The van der Waals surface area contributed by atoms with Crippen molar-refractivity contribution in [3.8, 4) is 0 Å². The number of halogens is 1. The van der Waals surface area contributed by atoms with Crippen molar-refractivity contribution >= 4 is 11.9 Å². The molecule has 0 aromatic rings. The van der Waals surface area contributed by atoms with E-state index in [9.17, 15) is 9.59 Å². The predicted molar refractivity (Wildman–Crippen MR) is 95.4 cm³/mol. The summed E-state index contributed by atoms with van der Waals surface area (Å²) in [6, 6.07) is 0. The van der Waals surface area contributed by atoms with Gasteiger partial charge in [-0.05, 0) is 33.6 Å². The van der Waals surface area contributed by atoms with Crippen LogP contribution in [0.2, 0.25) is 0 Å². The van der Waals surface area contributed by atoms with E-state index in [2.05, 4.69) is 14.7 Å². The molecule has 4 bridgehead atoms. The van der Waals surface area contributed by atoms with Crippen LogP contribution in [0.15, 0.2) is 0 Å². The maximum Gasteiger partial charge on any atom is 0.410 e. The smallest absolute Gasteiger partial charge is 0.410 e. The molecule has 5 fully saturated rings. The van der Waals surface area contributed by atoms with Crippen LogP contribution in [0.4, 0.5) is 4.79 Å². The Labute approximate surface area is 172 Å². The quantitative estimate of drug-likeness (QED) is 0.456. The number of quaternary nitrogens is 1. The number of Topliss-reactive ketones (excluding diaryl/α,β-unsaturated/α-hetero) is 1. The van der Waals surface area contributed by atoms with Crippen LogP contribution >= 0.6 is 0 Å². The number of hydrogen-bond acceptors (Lipinski definition) is 6. The number of nitrogens with zero attached hydrogens (tertiary/aromatic N) is 5. The summed E-state index contributed by atoms with van der Waals surface area (Å²) in [5.41, 5.74) is -0.472. The van der Waals surface area contributed by atoms with Crippen molar-refractivity contribution in [2.75, 3.05) is 59.6 Å². The summed E-state index contributed by atoms with van der Waals surface area (Å²) >= 11 is 0. The van der Waals surface area contributed by atoms with E-state index in [1.54, 1.807) is 4.90 Å². The van der Waals surface area contributed by atoms with E-state index in [1.165, 1.54) is 0 Å². The third-order valence-electron chi connectivity index (χ3n) is 5.79. The lowest BCUT2D eigenvalue weighted by molar-refractivity contribution is -0.973. The number of ketones is 1. The van der Waals surface area contributed by atoms with Gasteiger partial charge in [0.05, 0.1) is 20.0 Å². The Morgan fingerprint density at radius 1 is 0.963 bits per heavy atom. The molecule has 0 saturated carbocycles. The molecule has 0 atom stereocenters. The summed E-state index contributed by atoms with van der Waals surface area (Å²) in [7, 11) is 0. The van der Waals surface area contributed by atoms with E-state index >= 15 is 0 Å². The van der Waals surface area contributed by atoms with Gasteiger partial charge in [0.25, 0.3) is 0 Å². The number of ether oxygens (including phenoxy) is 1. The molecule has 9 heteroatoms. The van der Waals surface area contributed by atoms with E-state index in [4.69, 9.17) is 4.74 Å². The van der Waals surface area contributed by atoms with Gasteiger partial charge in [0, 0.05) is 19.0 Å². The molecule has 0 unspecified atom stereocenters. The minimum Gasteiger partial charge on any atom is -1.00 e. The molecule has 154 valence electrons. The fraction of sp³-hybridized carbons (Fsp3) is 0.889. The molecule has 5 aliphatic rings. The van der Waals surface area contributed by atoms with Crippen LogP contribution in [-0.4, -0.2) is 101 Å². The van der Waals surface area contributed by atoms with Gasteiger partial charge in [0.15, 0.2) is 5.78 Å². The zero-order chi connectivity index (χ0) is 18.5. The standard InChI is InChI=1S/C18H32N5O3.BrH/c1-18(2,3)26-17(25)22-6-4-15(5-7-22)16(24)8-23-12-19-9-20(13-23)11-21(10-19)14-23;/h15H,4-14H2,1-3H3;1H/q+1;/p-1. The maximum absolute atomic E-state index is 13.0. The average Bonchev–Trinajstić information content (AvgIpc) is 2.51. The van der Waals surface area contributed by atoms with Crippen LogP contribution in [-0.2, 0) is 9.53 Å². The Hall–Kier alpha value is -0.740. The number of rotatable bonds is 3. The summed E-state index contributed by atoms with van der Waals surface area (Å²) in [5, 5.41) is 0. The first-order valence-corrected chi connectivity index (χ1v) is 9.74. The highest BCUT2D eigenvalue weighted by atomic mass is 79.9. The van der Waals surface area contributed by atoms with E-state index in [0.717, 1.165) is 57.3 Å². The molecule has 8 nitrogen and oxygen atoms in total. The Morgan fingerprint density at radius 3 is 1.89 bits per heavy atom. The summed E-state index contributed by atoms with van der Waals surface area (Å²) in [6.07, 6.45) is 1.26. The summed E-state index contributed by atoms with van der Waals surface area (Å²) < 4.78 is 6.31. The Balaban J connectivity index is 0.00000210. The van der Waals surface area contributed by atoms with Crippen LogP contribution in [0.3, 0.4) is 0 Å². The second-order valence-electron chi connectivity index (χ2n) is 9.57. The first-order chi connectivity index (χ1) is 12.2. The molecule has 5 heterocycles. The van der Waals surface area contributed by atoms with Crippen molar-refractivity contribution in [3.63, 3.8) is 0 Å². The van der Waals surface area contributed by atoms with Gasteiger partial charge in [-0.2, -0.15) is 0 Å². The van der Waals surface area contributed by atoms with Gasteiger partial charge >= 0.3 is 6.09 Å². The third kappa shape index (κ3) is 4.64. The number of carbonyl (C=O) groups is 2. The number of amides is 1. The molecular weight excluding hydrogens is 414 g/mol. The van der Waals surface area contributed by atoms with Gasteiger partial charge in [0.1, 0.15) is 32.2 Å². The van der Waals surface area contributed by atoms with Gasteiger partial charge in [-0.15, -0.1) is 0 Å². The van der Waals surface area contributed by atoms with E-state index < -0.39 is 5.60 Å². The fourth-order valence-electron chi connectivity index (χ4n) is 4.98. The number of hydrogen-bond donors (Lipinski definition) is 0. The van der Waals surface area contributed by atoms with Crippen molar-refractivity contribution in [3.05, 3.63) is 0 Å². The Bertz CT molecular complexity index is 551. The summed E-state index contributed by atoms with van der Waals surface area (Å²) in [4.78, 5) is 34.2. The first kappa shape index (κ1) is 21.0. The van der Waals surface area contributed by atoms with Gasteiger partial charge in [-0.1, -0.05) is 0 Å². The summed E-state index contributed by atoms with van der Waals surface area (Å²) in [6.45, 7) is 13.6. The van der Waals surface area contributed by atoms with Crippen LogP contribution in [0.1, 0.15) is 33.6 Å². The lowest BCUT2D eigenvalue weighted by Crippen LogP contribution is -3.00. The lowest BCUT2D eigenvalue weighted by atomic mass is 9.92. The van der Waals surface area contributed by atoms with Crippen LogP contribution in [0, 0.1) is 5.92 Å². The van der Waals surface area contributed by atoms with Gasteiger partial charge in [-0.25, -0.2) is 19.5 Å². The topological polar surface area (TPSA) is 56.3 Å². The number of piperidine rings is 1. The molecule has 5 aliphatic heterocycles. The number of likely N-dealkylation sites (tertiary alicyclic amines) is 1. The van der Waals surface area contributed by atoms with Crippen LogP contribution in [0.25, 0.3) is 0 Å². The monoisotopic (exact) mass is 445 g/mol. The van der Waals surface area contributed by atoms with Gasteiger partial charge in [-0.3, -0.25) is 9.28 Å². The third-order valence-corrected chi connectivity index (χ3v) is 5.79. The highest BCUT2D eigenvalue weighted by molar-refractivity contribution is 5.82. The van der Waals surface area contributed by atoms with Crippen molar-refractivity contribution in [2.45, 2.75) is 39.2 Å². The van der Waals surface area contributed by atoms with Crippen molar-refractivity contribution in [1.29, 1.82) is 0 Å². The second-order valence-corrected chi connectivity index (χ2v) is 9.57. The van der Waals surface area contributed by atoms with E-state index in [1.807, 2.05) is 20.8 Å². The molecule has 5 rings (SSSR count). The molecule has 0 aromatic carbocycles. The highest BCUT2D eigenvalue weighted by Crippen LogP contribution is 2.30. The first-order valence-electron chi connectivity index (χ1n) is 9.74. The van der Waals surface area contributed by atoms with E-state index in [-0.39, 0.29) is 29.0 Å². The molecule has 0 N–H and O–H groups in total. The molecule has 0 radical (unpaired) electrons. The van der Waals surface area contributed by atoms with Gasteiger partial charge in [0.2, 0.25) is 0 Å². The normalized spacial score (nSPS) is 35.7. The summed E-state index contributed by atoms with van der Waals surface area (Å²) in [5.74, 6) is 0.458. The van der Waals surface area contributed by atoms with Crippen molar-refractivity contribution in [2.24, 2.45) is 5.92 Å². The minimum absolute atomic E-state index is 0. The Kier molecular flexibility index (Phi) is 5.90. The minimum atomic E-state index is -0.472. The zero-order valence-corrected chi connectivity index (χ0v) is 18.3. The largest absolute Gasteiger partial charge is 1.00 e. The maximum atomic E-state index is 13.0. The van der Waals surface area contributed by atoms with Crippen LogP contribution in [0.5, 0.6) is 0 Å². The molecule has 1 amide bonds. The SMILES string of the molecule is CC(C)(C)OC(=O)N1CCC(C(=O)C[N+]23CN4CN(CN(C4)C2)C3)CC1.[Br-]. The number of carbonyl (C=O) groups excluding carboxylic acids is 2. The predicted octanol–water partition coefficient (Wildman–Crippen LogP) is -2.28. The van der Waals surface area contributed by atoms with Crippen LogP contribution < -0.4 is 17.0 Å². The molecule has 0 spiro atoms. The lowest BCUT2D eigenvalue weighted by Gasteiger charge is -2.60. The van der Waals surface area contributed by atoms with E-state index in [0.29, 0.717) is 25.4 Å². The molecule has 0 aliphatic carbocycles. The molecule has 27 heavy (non-hydrogen) atoms. The van der Waals surface area contributed by atoms with Gasteiger partial charge < -0.3 is 26.6 Å². The highest BCUT2D eigenvalue weighted by Gasteiger charge is 2.49. The zero-order valence-electron chi connectivity index (χ0n) is 16.7. The molecule has 5 saturated heterocycles. The Morgan fingerprint density at radius 2 is 1.44 bits per heavy atom.